The highest BCUT2D eigenvalue weighted by Gasteiger charge is 2.35. The van der Waals surface area contributed by atoms with Crippen LogP contribution in [0.3, 0.4) is 0 Å². The van der Waals surface area contributed by atoms with Gasteiger partial charge in [0, 0.05) is 36.8 Å². The average molecular weight is 482 g/mol. The number of halogens is 1. The van der Waals surface area contributed by atoms with Crippen molar-refractivity contribution in [2.75, 3.05) is 19.7 Å². The normalized spacial score (nSPS) is 19.8. The van der Waals surface area contributed by atoms with Crippen LogP contribution in [0.4, 0.5) is 4.39 Å². The van der Waals surface area contributed by atoms with Crippen LogP contribution in [0.1, 0.15) is 42.2 Å². The molecule has 9 nitrogen and oxygen atoms in total. The molecule has 2 aliphatic rings. The number of carbonyl (C=O) groups excluding carboxylic acids is 2. The first-order valence-corrected chi connectivity index (χ1v) is 11.9. The fraction of sp³-hybridized carbons (Fsp3) is 0.440. The zero-order chi connectivity index (χ0) is 24.7. The fourth-order valence-corrected chi connectivity index (χ4v) is 4.50. The van der Waals surface area contributed by atoms with Crippen molar-refractivity contribution in [2.24, 2.45) is 5.92 Å². The first-order valence-electron chi connectivity index (χ1n) is 11.9. The lowest BCUT2D eigenvalue weighted by Gasteiger charge is -2.16. The largest absolute Gasteiger partial charge is 0.492 e. The van der Waals surface area contributed by atoms with Gasteiger partial charge in [-0.25, -0.2) is 14.4 Å². The van der Waals surface area contributed by atoms with Crippen molar-refractivity contribution >= 4 is 22.8 Å². The van der Waals surface area contributed by atoms with E-state index in [1.54, 1.807) is 24.8 Å². The summed E-state index contributed by atoms with van der Waals surface area (Å²) >= 11 is 0. The van der Waals surface area contributed by atoms with Gasteiger partial charge in [-0.15, -0.1) is 0 Å². The second kappa shape index (κ2) is 9.26. The molecule has 0 spiro atoms. The minimum Gasteiger partial charge on any atom is -0.492 e. The summed E-state index contributed by atoms with van der Waals surface area (Å²) in [5, 5.41) is 13.2. The minimum atomic E-state index is -0.851. The number of benzene rings is 1. The molecular weight excluding hydrogens is 453 g/mol. The van der Waals surface area contributed by atoms with Crippen LogP contribution in [0.25, 0.3) is 22.3 Å². The second-order valence-corrected chi connectivity index (χ2v) is 9.27. The third kappa shape index (κ3) is 4.58. The van der Waals surface area contributed by atoms with Crippen molar-refractivity contribution in [3.63, 3.8) is 0 Å². The maximum absolute atomic E-state index is 14.0. The number of rotatable bonds is 7. The first-order chi connectivity index (χ1) is 16.9. The van der Waals surface area contributed by atoms with Crippen LogP contribution in [-0.2, 0) is 4.79 Å². The predicted octanol–water partition coefficient (Wildman–Crippen LogP) is 2.57. The summed E-state index contributed by atoms with van der Waals surface area (Å²) in [6, 6.07) is 3.73. The Balaban J connectivity index is 1.45. The molecule has 5 rings (SSSR count). The standard InChI is InChI=1S/C25H28FN5O4/c1-3-20(33)31-9-17(18(32)10-31)30-25(34)21-13(2)29-24-22(27-12-28-23(21)24)16-7-6-15(26)8-19(16)35-11-14-4-5-14/h6-8,12,14,17-18,29,32H,3-5,9-11H2,1-2H3,(H,30,34)/t17-,18+/m1/s1. The summed E-state index contributed by atoms with van der Waals surface area (Å²) in [5.41, 5.74) is 2.97. The van der Waals surface area contributed by atoms with Crippen LogP contribution in [0.15, 0.2) is 24.5 Å². The quantitative estimate of drug-likeness (QED) is 0.477. The molecule has 1 saturated heterocycles. The summed E-state index contributed by atoms with van der Waals surface area (Å²) < 4.78 is 19.9. The number of fused-ring (bicyclic) bond motifs is 1. The Labute approximate surface area is 201 Å². The molecule has 1 saturated carbocycles. The van der Waals surface area contributed by atoms with Crippen molar-refractivity contribution in [1.82, 2.24) is 25.2 Å². The summed E-state index contributed by atoms with van der Waals surface area (Å²) in [7, 11) is 0. The van der Waals surface area contributed by atoms with Gasteiger partial charge in [-0.3, -0.25) is 9.59 Å². The molecule has 184 valence electrons. The number of hydrogen-bond donors (Lipinski definition) is 3. The molecule has 2 atom stereocenters. The van der Waals surface area contributed by atoms with Gasteiger partial charge in [0.2, 0.25) is 5.91 Å². The molecule has 2 fully saturated rings. The van der Waals surface area contributed by atoms with E-state index in [2.05, 4.69) is 20.3 Å². The van der Waals surface area contributed by atoms with E-state index in [1.165, 1.54) is 18.5 Å². The van der Waals surface area contributed by atoms with Gasteiger partial charge in [-0.05, 0) is 37.8 Å². The molecule has 3 N–H and O–H groups in total. The maximum Gasteiger partial charge on any atom is 0.255 e. The molecule has 3 aromatic rings. The van der Waals surface area contributed by atoms with Crippen molar-refractivity contribution < 1.29 is 23.8 Å². The number of nitrogens with zero attached hydrogens (tertiary/aromatic N) is 3. The molecule has 1 aliphatic heterocycles. The van der Waals surface area contributed by atoms with E-state index < -0.39 is 23.9 Å². The van der Waals surface area contributed by atoms with E-state index in [4.69, 9.17) is 4.74 Å². The first kappa shape index (κ1) is 23.2. The predicted molar refractivity (Wildman–Crippen MR) is 126 cm³/mol. The highest BCUT2D eigenvalue weighted by molar-refractivity contribution is 6.09. The molecule has 10 heteroatoms. The number of ether oxygens (including phenoxy) is 1. The highest BCUT2D eigenvalue weighted by atomic mass is 19.1. The molecule has 2 amide bonds. The lowest BCUT2D eigenvalue weighted by molar-refractivity contribution is -0.130. The number of hydrogen-bond acceptors (Lipinski definition) is 6. The molecule has 0 unspecified atom stereocenters. The van der Waals surface area contributed by atoms with Crippen molar-refractivity contribution in [3.05, 3.63) is 41.6 Å². The molecular formula is C25H28FN5O4. The third-order valence-corrected chi connectivity index (χ3v) is 6.63. The molecule has 0 bridgehead atoms. The Morgan fingerprint density at radius 3 is 2.83 bits per heavy atom. The zero-order valence-corrected chi connectivity index (χ0v) is 19.7. The van der Waals surface area contributed by atoms with Gasteiger partial charge < -0.3 is 25.0 Å². The number of H-pyrrole nitrogens is 1. The molecule has 2 aromatic heterocycles. The van der Waals surface area contributed by atoms with E-state index in [-0.39, 0.29) is 19.0 Å². The number of amides is 2. The monoisotopic (exact) mass is 481 g/mol. The Kier molecular flexibility index (Phi) is 6.14. The van der Waals surface area contributed by atoms with Crippen LogP contribution in [0.5, 0.6) is 5.75 Å². The summed E-state index contributed by atoms with van der Waals surface area (Å²) in [6.07, 6.45) is 3.07. The van der Waals surface area contributed by atoms with E-state index in [0.29, 0.717) is 58.2 Å². The maximum atomic E-state index is 14.0. The fourth-order valence-electron chi connectivity index (χ4n) is 4.50. The highest BCUT2D eigenvalue weighted by Crippen LogP contribution is 2.36. The lowest BCUT2D eigenvalue weighted by atomic mass is 10.1. The Bertz CT molecular complexity index is 1290. The van der Waals surface area contributed by atoms with Crippen LogP contribution in [-0.4, -0.2) is 68.6 Å². The molecule has 1 aromatic carbocycles. The topological polar surface area (TPSA) is 120 Å². The number of β-amino-alcohol motifs (C(OH)–C–C–N with tert-alkyl or cyclic N) is 1. The van der Waals surface area contributed by atoms with Gasteiger partial charge in [0.1, 0.15) is 29.1 Å². The number of aromatic nitrogens is 3. The van der Waals surface area contributed by atoms with Gasteiger partial charge in [0.15, 0.2) is 0 Å². The van der Waals surface area contributed by atoms with Gasteiger partial charge in [0.05, 0.1) is 29.8 Å². The minimum absolute atomic E-state index is 0.0690. The van der Waals surface area contributed by atoms with E-state index in [1.807, 2.05) is 0 Å². The molecule has 3 heterocycles. The number of aromatic amines is 1. The third-order valence-electron chi connectivity index (χ3n) is 6.63. The van der Waals surface area contributed by atoms with E-state index in [0.717, 1.165) is 12.8 Å². The Hall–Kier alpha value is -3.53. The number of carbonyl (C=O) groups is 2. The molecule has 0 radical (unpaired) electrons. The van der Waals surface area contributed by atoms with Gasteiger partial charge in [-0.1, -0.05) is 6.92 Å². The van der Waals surface area contributed by atoms with Crippen LogP contribution in [0.2, 0.25) is 0 Å². The molecule has 1 aliphatic carbocycles. The van der Waals surface area contributed by atoms with Crippen LogP contribution in [0, 0.1) is 18.7 Å². The van der Waals surface area contributed by atoms with Crippen molar-refractivity contribution in [3.8, 4) is 17.0 Å². The average Bonchev–Trinajstić information content (AvgIpc) is 3.51. The number of aliphatic hydroxyl groups excluding tert-OH is 1. The summed E-state index contributed by atoms with van der Waals surface area (Å²) in [6.45, 7) is 4.47. The van der Waals surface area contributed by atoms with Crippen molar-refractivity contribution in [2.45, 2.75) is 45.3 Å². The van der Waals surface area contributed by atoms with E-state index in [9.17, 15) is 19.1 Å². The Morgan fingerprint density at radius 1 is 1.29 bits per heavy atom. The van der Waals surface area contributed by atoms with E-state index >= 15 is 0 Å². The number of aliphatic hydroxyl groups is 1. The van der Waals surface area contributed by atoms with Crippen molar-refractivity contribution in [1.29, 1.82) is 0 Å². The Morgan fingerprint density at radius 2 is 2.09 bits per heavy atom. The van der Waals surface area contributed by atoms with Gasteiger partial charge >= 0.3 is 0 Å². The number of aryl methyl sites for hydroxylation is 1. The summed E-state index contributed by atoms with van der Waals surface area (Å²) in [4.78, 5) is 38.8. The second-order valence-electron chi connectivity index (χ2n) is 9.27. The lowest BCUT2D eigenvalue weighted by Crippen LogP contribution is -2.43. The SMILES string of the molecule is CCC(=O)N1C[C@H](O)[C@H](NC(=O)c2c(C)[nH]c3c(-c4ccc(F)cc4OCC4CC4)ncnc23)C1. The summed E-state index contributed by atoms with van der Waals surface area (Å²) in [5.74, 6) is 0.00952. The van der Waals surface area contributed by atoms with Gasteiger partial charge in [-0.2, -0.15) is 0 Å². The van der Waals surface area contributed by atoms with Crippen LogP contribution < -0.4 is 10.1 Å². The van der Waals surface area contributed by atoms with Gasteiger partial charge in [0.25, 0.3) is 5.91 Å². The van der Waals surface area contributed by atoms with Crippen LogP contribution >= 0.6 is 0 Å². The number of likely N-dealkylation sites (tertiary alicyclic amines) is 1. The molecule has 35 heavy (non-hydrogen) atoms. The zero-order valence-electron chi connectivity index (χ0n) is 19.7. The smallest absolute Gasteiger partial charge is 0.255 e. The number of nitrogens with one attached hydrogen (secondary N) is 2.